The number of thiocarbonyl (C=S) groups is 1. The smallest absolute Gasteiger partial charge is 0.257 e. The van der Waals surface area contributed by atoms with Crippen molar-refractivity contribution in [3.05, 3.63) is 70.9 Å². The van der Waals surface area contributed by atoms with Crippen molar-refractivity contribution in [2.24, 2.45) is 0 Å². The molecule has 2 aromatic carbocycles. The van der Waals surface area contributed by atoms with Crippen LogP contribution in [0.25, 0.3) is 11.3 Å². The van der Waals surface area contributed by atoms with Gasteiger partial charge in [-0.15, -0.1) is 0 Å². The largest absolute Gasteiger partial charge is 0.492 e. The third-order valence-corrected chi connectivity index (χ3v) is 4.44. The Morgan fingerprint density at radius 3 is 2.72 bits per heavy atom. The molecule has 3 aromatic rings. The van der Waals surface area contributed by atoms with Crippen LogP contribution in [0.2, 0.25) is 5.02 Å². The molecule has 0 saturated heterocycles. The van der Waals surface area contributed by atoms with Gasteiger partial charge in [-0.2, -0.15) is 0 Å². The summed E-state index contributed by atoms with van der Waals surface area (Å²) in [6.45, 7) is 2.18. The Bertz CT molecular complexity index is 1040. The zero-order valence-corrected chi connectivity index (χ0v) is 17.1. The zero-order chi connectivity index (χ0) is 20.8. The second-order valence-corrected chi connectivity index (χ2v) is 6.81. The molecule has 1 heterocycles. The Kier molecular flexibility index (Phi) is 6.87. The second kappa shape index (κ2) is 9.56. The van der Waals surface area contributed by atoms with Crippen molar-refractivity contribution in [3.63, 3.8) is 0 Å². The molecular weight excluding hydrogens is 412 g/mol. The predicted molar refractivity (Wildman–Crippen MR) is 116 cm³/mol. The summed E-state index contributed by atoms with van der Waals surface area (Å²) in [5, 5.41) is 15.2. The van der Waals surface area contributed by atoms with E-state index in [1.54, 1.807) is 24.3 Å². The average molecular weight is 431 g/mol. The number of halogens is 1. The highest BCUT2D eigenvalue weighted by Gasteiger charge is 2.12. The number of hydrogen-bond acceptors (Lipinski definition) is 5. The van der Waals surface area contributed by atoms with E-state index in [1.165, 1.54) is 6.07 Å². The quantitative estimate of drug-likeness (QED) is 0.495. The number of anilines is 1. The van der Waals surface area contributed by atoms with Crippen LogP contribution >= 0.6 is 23.8 Å². The predicted octanol–water partition coefficient (Wildman–Crippen LogP) is 4.62. The lowest BCUT2D eigenvalue weighted by molar-refractivity contribution is 0.0977. The molecular formula is C21H19ClN2O4S. The Morgan fingerprint density at radius 1 is 1.21 bits per heavy atom. The maximum absolute atomic E-state index is 12.4. The lowest BCUT2D eigenvalue weighted by Gasteiger charge is -2.11. The zero-order valence-electron chi connectivity index (χ0n) is 15.6. The number of carbonyl (C=O) groups is 1. The van der Waals surface area contributed by atoms with Gasteiger partial charge in [0.25, 0.3) is 5.91 Å². The molecule has 150 valence electrons. The standard InChI is InChI=1S/C21H19ClN2O4S/c1-2-27-19-8-6-14(11-17(19)22)20(26)24-21(29)23-15-5-3-4-13(10-15)18-9-7-16(12-25)28-18/h3-11,25H,2,12H2,1H3,(H2,23,24,26,29). The minimum Gasteiger partial charge on any atom is -0.492 e. The van der Waals surface area contributed by atoms with Crippen molar-refractivity contribution < 1.29 is 19.1 Å². The summed E-state index contributed by atoms with van der Waals surface area (Å²) in [5.74, 6) is 1.24. The van der Waals surface area contributed by atoms with Crippen LogP contribution in [0.3, 0.4) is 0 Å². The van der Waals surface area contributed by atoms with E-state index in [0.717, 1.165) is 5.56 Å². The molecule has 0 aliphatic carbocycles. The van der Waals surface area contributed by atoms with Gasteiger partial charge in [0.15, 0.2) is 5.11 Å². The topological polar surface area (TPSA) is 83.7 Å². The lowest BCUT2D eigenvalue weighted by Crippen LogP contribution is -2.34. The van der Waals surface area contributed by atoms with Crippen LogP contribution < -0.4 is 15.4 Å². The van der Waals surface area contributed by atoms with Gasteiger partial charge in [0.1, 0.15) is 23.9 Å². The first kappa shape index (κ1) is 20.9. The molecule has 0 radical (unpaired) electrons. The number of hydrogen-bond donors (Lipinski definition) is 3. The number of aliphatic hydroxyl groups excluding tert-OH is 1. The van der Waals surface area contributed by atoms with E-state index in [4.69, 9.17) is 38.1 Å². The van der Waals surface area contributed by atoms with E-state index in [-0.39, 0.29) is 17.6 Å². The van der Waals surface area contributed by atoms with Gasteiger partial charge < -0.3 is 19.6 Å². The maximum Gasteiger partial charge on any atom is 0.257 e. The molecule has 0 aliphatic rings. The molecule has 3 rings (SSSR count). The monoisotopic (exact) mass is 430 g/mol. The van der Waals surface area contributed by atoms with Crippen molar-refractivity contribution in [1.82, 2.24) is 5.32 Å². The van der Waals surface area contributed by atoms with Gasteiger partial charge in [-0.3, -0.25) is 10.1 Å². The first-order valence-electron chi connectivity index (χ1n) is 8.85. The Balaban J connectivity index is 1.65. The van der Waals surface area contributed by atoms with Crippen molar-refractivity contribution in [3.8, 4) is 17.1 Å². The van der Waals surface area contributed by atoms with Crippen molar-refractivity contribution >= 4 is 40.5 Å². The summed E-state index contributed by atoms with van der Waals surface area (Å²) < 4.78 is 10.9. The molecule has 0 fully saturated rings. The Hall–Kier alpha value is -2.87. The van der Waals surface area contributed by atoms with Crippen LogP contribution in [0.4, 0.5) is 5.69 Å². The fourth-order valence-electron chi connectivity index (χ4n) is 2.62. The molecule has 8 heteroatoms. The normalized spacial score (nSPS) is 10.4. The Morgan fingerprint density at radius 2 is 2.03 bits per heavy atom. The van der Waals surface area contributed by atoms with Gasteiger partial charge in [0.2, 0.25) is 0 Å². The first-order valence-corrected chi connectivity index (χ1v) is 9.63. The van der Waals surface area contributed by atoms with Crippen LogP contribution in [-0.4, -0.2) is 22.7 Å². The van der Waals surface area contributed by atoms with Crippen molar-refractivity contribution in [2.45, 2.75) is 13.5 Å². The SMILES string of the molecule is CCOc1ccc(C(=O)NC(=S)Nc2cccc(-c3ccc(CO)o3)c2)cc1Cl. The molecule has 0 saturated carbocycles. The number of amides is 1. The number of aliphatic hydroxyl groups is 1. The number of furan rings is 1. The summed E-state index contributed by atoms with van der Waals surface area (Å²) in [5.41, 5.74) is 1.85. The van der Waals surface area contributed by atoms with Crippen LogP contribution in [0.15, 0.2) is 59.0 Å². The lowest BCUT2D eigenvalue weighted by atomic mass is 10.1. The van der Waals surface area contributed by atoms with E-state index in [9.17, 15) is 4.79 Å². The van der Waals surface area contributed by atoms with E-state index >= 15 is 0 Å². The average Bonchev–Trinajstić information content (AvgIpc) is 3.19. The maximum atomic E-state index is 12.4. The summed E-state index contributed by atoms with van der Waals surface area (Å²) in [7, 11) is 0. The van der Waals surface area contributed by atoms with Gasteiger partial charge in [-0.1, -0.05) is 23.7 Å². The van der Waals surface area contributed by atoms with Crippen molar-refractivity contribution in [2.75, 3.05) is 11.9 Å². The number of benzene rings is 2. The third-order valence-electron chi connectivity index (χ3n) is 3.94. The summed E-state index contributed by atoms with van der Waals surface area (Å²) in [6.07, 6.45) is 0. The molecule has 0 unspecified atom stereocenters. The summed E-state index contributed by atoms with van der Waals surface area (Å²) >= 11 is 11.4. The number of carbonyl (C=O) groups excluding carboxylic acids is 1. The van der Waals surface area contributed by atoms with E-state index in [1.807, 2.05) is 31.2 Å². The molecule has 29 heavy (non-hydrogen) atoms. The van der Waals surface area contributed by atoms with Gasteiger partial charge in [-0.05, 0) is 61.6 Å². The number of nitrogens with one attached hydrogen (secondary N) is 2. The highest BCUT2D eigenvalue weighted by Crippen LogP contribution is 2.26. The van der Waals surface area contributed by atoms with Crippen LogP contribution in [0.5, 0.6) is 5.75 Å². The molecule has 1 aromatic heterocycles. The Labute approximate surface area is 178 Å². The molecule has 1 amide bonds. The fourth-order valence-corrected chi connectivity index (χ4v) is 3.07. The minimum atomic E-state index is -0.387. The molecule has 0 bridgehead atoms. The molecule has 6 nitrogen and oxygen atoms in total. The first-order chi connectivity index (χ1) is 14.0. The summed E-state index contributed by atoms with van der Waals surface area (Å²) in [4.78, 5) is 12.4. The number of rotatable bonds is 6. The van der Waals surface area contributed by atoms with Crippen molar-refractivity contribution in [1.29, 1.82) is 0 Å². The van der Waals surface area contributed by atoms with Gasteiger partial charge in [0, 0.05) is 16.8 Å². The highest BCUT2D eigenvalue weighted by molar-refractivity contribution is 7.80. The van der Waals surface area contributed by atoms with Crippen LogP contribution in [0.1, 0.15) is 23.0 Å². The van der Waals surface area contributed by atoms with Crippen LogP contribution in [0, 0.1) is 0 Å². The second-order valence-electron chi connectivity index (χ2n) is 5.99. The van der Waals surface area contributed by atoms with Crippen LogP contribution in [-0.2, 0) is 6.61 Å². The molecule has 3 N–H and O–H groups in total. The molecule has 0 aliphatic heterocycles. The van der Waals surface area contributed by atoms with E-state index in [0.29, 0.717) is 40.2 Å². The fraction of sp³-hybridized carbons (Fsp3) is 0.143. The van der Waals surface area contributed by atoms with E-state index < -0.39 is 0 Å². The highest BCUT2D eigenvalue weighted by atomic mass is 35.5. The molecule has 0 atom stereocenters. The molecule has 0 spiro atoms. The van der Waals surface area contributed by atoms with E-state index in [2.05, 4.69) is 10.6 Å². The van der Waals surface area contributed by atoms with Gasteiger partial charge in [0.05, 0.1) is 11.6 Å². The summed E-state index contributed by atoms with van der Waals surface area (Å²) in [6, 6.07) is 15.6. The van der Waals surface area contributed by atoms with Gasteiger partial charge in [-0.25, -0.2) is 0 Å². The van der Waals surface area contributed by atoms with Gasteiger partial charge >= 0.3 is 0 Å². The third kappa shape index (κ3) is 5.35. The minimum absolute atomic E-state index is 0.146. The number of ether oxygens (including phenoxy) is 1.